The maximum absolute atomic E-state index is 13.3. The summed E-state index contributed by atoms with van der Waals surface area (Å²) >= 11 is 0. The fraction of sp³-hybridized carbons (Fsp3) is 0.594. The van der Waals surface area contributed by atoms with E-state index in [-0.39, 0.29) is 30.4 Å². The number of benzene rings is 1. The molecule has 0 saturated carbocycles. The predicted octanol–water partition coefficient (Wildman–Crippen LogP) is -2.49. The van der Waals surface area contributed by atoms with Crippen molar-refractivity contribution in [2.24, 2.45) is 34.8 Å². The summed E-state index contributed by atoms with van der Waals surface area (Å²) < 4.78 is 0. The molecular formula is C32H53N9O8. The van der Waals surface area contributed by atoms with Gasteiger partial charge in [-0.25, -0.2) is 0 Å². The lowest BCUT2D eigenvalue weighted by Gasteiger charge is -2.25. The van der Waals surface area contributed by atoms with Gasteiger partial charge >= 0.3 is 0 Å². The minimum absolute atomic E-state index is 0.0111. The molecular weight excluding hydrogens is 638 g/mol. The van der Waals surface area contributed by atoms with Gasteiger partial charge in [-0.1, -0.05) is 46.2 Å². The molecule has 0 unspecified atom stereocenters. The summed E-state index contributed by atoms with van der Waals surface area (Å²) in [4.78, 5) is 89.0. The van der Waals surface area contributed by atoms with Crippen LogP contribution in [0.2, 0.25) is 0 Å². The minimum atomic E-state index is -1.51. The average molecular weight is 692 g/mol. The van der Waals surface area contributed by atoms with Gasteiger partial charge < -0.3 is 54.6 Å². The number of hydrogen-bond donors (Lipinski definition) is 10. The lowest BCUT2D eigenvalue weighted by molar-refractivity contribution is -0.135. The van der Waals surface area contributed by atoms with E-state index in [2.05, 4.69) is 26.6 Å². The van der Waals surface area contributed by atoms with Crippen LogP contribution in [0.3, 0.4) is 0 Å². The van der Waals surface area contributed by atoms with E-state index in [1.54, 1.807) is 32.9 Å². The maximum atomic E-state index is 13.3. The van der Waals surface area contributed by atoms with Crippen LogP contribution in [0.4, 0.5) is 0 Å². The van der Waals surface area contributed by atoms with Crippen LogP contribution >= 0.6 is 0 Å². The second-order valence-corrected chi connectivity index (χ2v) is 12.3. The summed E-state index contributed by atoms with van der Waals surface area (Å²) in [6.45, 7) is 6.71. The molecule has 49 heavy (non-hydrogen) atoms. The van der Waals surface area contributed by atoms with Gasteiger partial charge in [0, 0.05) is 6.42 Å². The Kier molecular flexibility index (Phi) is 18.3. The second kappa shape index (κ2) is 21.3. The molecule has 1 aromatic carbocycles. The molecule has 0 fully saturated rings. The summed E-state index contributed by atoms with van der Waals surface area (Å²) in [7, 11) is 0. The number of nitrogens with two attached hydrogens (primary N) is 4. The number of hydrogen-bond acceptors (Lipinski definition) is 10. The van der Waals surface area contributed by atoms with E-state index in [1.165, 1.54) is 12.1 Å². The molecule has 1 rings (SSSR count). The summed E-state index contributed by atoms with van der Waals surface area (Å²) in [6.07, 6.45) is 1.06. The Balaban J connectivity index is 3.08. The zero-order valence-electron chi connectivity index (χ0n) is 28.6. The third-order valence-corrected chi connectivity index (χ3v) is 7.91. The molecule has 0 aliphatic rings. The van der Waals surface area contributed by atoms with Gasteiger partial charge in [0.05, 0.1) is 19.0 Å². The molecule has 1 aromatic rings. The number of aromatic hydroxyl groups is 1. The molecule has 0 bridgehead atoms. The zero-order valence-corrected chi connectivity index (χ0v) is 28.6. The molecule has 17 nitrogen and oxygen atoms in total. The average Bonchev–Trinajstić information content (AvgIpc) is 3.04. The van der Waals surface area contributed by atoms with Gasteiger partial charge in [-0.05, 0) is 55.3 Å². The first-order chi connectivity index (χ1) is 23.0. The Labute approximate surface area is 286 Å². The molecule has 0 radical (unpaired) electrons. The third-order valence-electron chi connectivity index (χ3n) is 7.91. The topological polar surface area (TPSA) is 304 Å². The van der Waals surface area contributed by atoms with E-state index in [0.717, 1.165) is 0 Å². The van der Waals surface area contributed by atoms with Crippen LogP contribution < -0.4 is 49.5 Å². The SMILES string of the molecule is CC[C@H](C)[C@H](NC(=O)[C@H](Cc1ccc(O)cc1)NC(=O)CNC(=O)[C@H](CC(N)=O)NC(=O)[C@H](CCCCN)NC(=O)[C@@H](N)C(C)C)C(N)=O. The number of rotatable bonds is 22. The van der Waals surface area contributed by atoms with Gasteiger partial charge in [0.1, 0.15) is 29.9 Å². The Hall–Kier alpha value is -4.77. The van der Waals surface area contributed by atoms with Gasteiger partial charge in [0.25, 0.3) is 0 Å². The number of carbonyl (C=O) groups excluding carboxylic acids is 7. The highest BCUT2D eigenvalue weighted by Gasteiger charge is 2.31. The number of phenolic OH excluding ortho intramolecular Hbond substituents is 1. The maximum Gasteiger partial charge on any atom is 0.243 e. The highest BCUT2D eigenvalue weighted by molar-refractivity contribution is 5.97. The summed E-state index contributed by atoms with van der Waals surface area (Å²) in [5.41, 5.74) is 22.9. The van der Waals surface area contributed by atoms with Crippen molar-refractivity contribution in [3.8, 4) is 5.75 Å². The number of nitrogens with one attached hydrogen (secondary N) is 5. The van der Waals surface area contributed by atoms with Crippen molar-refractivity contribution in [3.05, 3.63) is 29.8 Å². The summed E-state index contributed by atoms with van der Waals surface area (Å²) in [5.74, 6) is -6.02. The Morgan fingerprint density at radius 2 is 1.37 bits per heavy atom. The first-order valence-electron chi connectivity index (χ1n) is 16.3. The monoisotopic (exact) mass is 691 g/mol. The molecule has 0 aliphatic carbocycles. The number of primary amides is 2. The standard InChI is InChI=1S/C32H53N9O8/c1-5-18(4)27(28(36)45)41-31(48)22(14-19-9-11-20(42)12-10-19)38-25(44)16-37-29(46)23(15-24(34)43)40-30(47)21(8-6-7-13-33)39-32(49)26(35)17(2)3/h9-12,17-18,21-23,26-27,42H,5-8,13-16,33,35H2,1-4H3,(H2,34,43)(H2,36,45)(H,37,46)(H,38,44)(H,39,49)(H,40,47)(H,41,48)/t18-,21-,22-,23-,26-,27-/m0/s1. The van der Waals surface area contributed by atoms with Crippen molar-refractivity contribution in [2.45, 2.75) is 96.4 Å². The number of carbonyl (C=O) groups is 7. The van der Waals surface area contributed by atoms with E-state index in [4.69, 9.17) is 22.9 Å². The molecule has 0 saturated heterocycles. The van der Waals surface area contributed by atoms with Crippen molar-refractivity contribution in [1.29, 1.82) is 0 Å². The molecule has 0 aromatic heterocycles. The van der Waals surface area contributed by atoms with Crippen LogP contribution in [0.15, 0.2) is 24.3 Å². The van der Waals surface area contributed by atoms with Crippen LogP contribution in [-0.4, -0.2) is 89.8 Å². The molecule has 274 valence electrons. The first kappa shape index (κ1) is 42.3. The minimum Gasteiger partial charge on any atom is -0.508 e. The largest absolute Gasteiger partial charge is 0.508 e. The quantitative estimate of drug-likeness (QED) is 0.0570. The Bertz CT molecular complexity index is 1290. The first-order valence-corrected chi connectivity index (χ1v) is 16.3. The van der Waals surface area contributed by atoms with Crippen LogP contribution in [0.25, 0.3) is 0 Å². The van der Waals surface area contributed by atoms with Gasteiger partial charge in [0.15, 0.2) is 0 Å². The lowest BCUT2D eigenvalue weighted by atomic mass is 9.97. The molecule has 0 spiro atoms. The fourth-order valence-electron chi connectivity index (χ4n) is 4.61. The number of amides is 7. The Morgan fingerprint density at radius 3 is 1.90 bits per heavy atom. The lowest BCUT2D eigenvalue weighted by Crippen LogP contribution is -2.58. The van der Waals surface area contributed by atoms with Crippen molar-refractivity contribution in [3.63, 3.8) is 0 Å². The van der Waals surface area contributed by atoms with Crippen LogP contribution in [0.1, 0.15) is 65.4 Å². The molecule has 0 heterocycles. The zero-order chi connectivity index (χ0) is 37.3. The highest BCUT2D eigenvalue weighted by Crippen LogP contribution is 2.13. The van der Waals surface area contributed by atoms with Crippen LogP contribution in [0.5, 0.6) is 5.75 Å². The molecule has 0 aliphatic heterocycles. The van der Waals surface area contributed by atoms with E-state index in [9.17, 15) is 38.7 Å². The van der Waals surface area contributed by atoms with Crippen molar-refractivity contribution in [2.75, 3.05) is 13.1 Å². The smallest absolute Gasteiger partial charge is 0.243 e. The van der Waals surface area contributed by atoms with Crippen molar-refractivity contribution >= 4 is 41.4 Å². The van der Waals surface area contributed by atoms with Gasteiger partial charge in [-0.3, -0.25) is 33.6 Å². The van der Waals surface area contributed by atoms with Crippen molar-refractivity contribution < 1.29 is 38.7 Å². The summed E-state index contributed by atoms with van der Waals surface area (Å²) in [6, 6.07) is 0.143. The van der Waals surface area contributed by atoms with Gasteiger partial charge in [-0.15, -0.1) is 0 Å². The molecule has 7 amide bonds. The van der Waals surface area contributed by atoms with Crippen LogP contribution in [0, 0.1) is 11.8 Å². The van der Waals surface area contributed by atoms with E-state index < -0.39 is 84.5 Å². The predicted molar refractivity (Wildman–Crippen MR) is 181 cm³/mol. The highest BCUT2D eigenvalue weighted by atomic mass is 16.3. The molecule has 14 N–H and O–H groups in total. The fourth-order valence-corrected chi connectivity index (χ4v) is 4.61. The summed E-state index contributed by atoms with van der Waals surface area (Å²) in [5, 5.41) is 22.0. The third kappa shape index (κ3) is 15.3. The van der Waals surface area contributed by atoms with E-state index >= 15 is 0 Å². The Morgan fingerprint density at radius 1 is 0.776 bits per heavy atom. The molecule has 17 heteroatoms. The number of unbranched alkanes of at least 4 members (excludes halogenated alkanes) is 1. The van der Waals surface area contributed by atoms with Gasteiger partial charge in [0.2, 0.25) is 41.4 Å². The molecule has 6 atom stereocenters. The number of phenols is 1. The van der Waals surface area contributed by atoms with E-state index in [0.29, 0.717) is 31.4 Å². The van der Waals surface area contributed by atoms with Gasteiger partial charge in [-0.2, -0.15) is 0 Å². The van der Waals surface area contributed by atoms with Crippen LogP contribution in [-0.2, 0) is 40.0 Å². The second-order valence-electron chi connectivity index (χ2n) is 12.3. The van der Waals surface area contributed by atoms with E-state index in [1.807, 2.05) is 6.92 Å². The normalized spacial score (nSPS) is 14.7. The van der Waals surface area contributed by atoms with Crippen molar-refractivity contribution in [1.82, 2.24) is 26.6 Å².